The molecule has 2 fully saturated rings. The van der Waals surface area contributed by atoms with E-state index in [2.05, 4.69) is 16.0 Å². The fourth-order valence-corrected chi connectivity index (χ4v) is 5.11. The van der Waals surface area contributed by atoms with Gasteiger partial charge in [-0.05, 0) is 51.5 Å². The van der Waals surface area contributed by atoms with E-state index in [9.17, 15) is 29.1 Å². The van der Waals surface area contributed by atoms with Crippen LogP contribution in [0.3, 0.4) is 0 Å². The maximum Gasteiger partial charge on any atom is 0.246 e. The van der Waals surface area contributed by atoms with E-state index in [1.807, 2.05) is 30.3 Å². The summed E-state index contributed by atoms with van der Waals surface area (Å²) in [6.07, 6.45) is 3.01. The number of hydrogen-bond acceptors (Lipinski definition) is 6. The Kier molecular flexibility index (Phi) is 10.6. The molecule has 1 aromatic rings. The van der Waals surface area contributed by atoms with Crippen molar-refractivity contribution in [2.24, 2.45) is 0 Å². The summed E-state index contributed by atoms with van der Waals surface area (Å²) in [5, 5.41) is 17.9. The summed E-state index contributed by atoms with van der Waals surface area (Å²) in [4.78, 5) is 67.2. The molecule has 0 radical (unpaired) electrons. The van der Waals surface area contributed by atoms with Crippen LogP contribution >= 0.6 is 0 Å². The highest BCUT2D eigenvalue weighted by Crippen LogP contribution is 2.22. The molecule has 2 saturated heterocycles. The average molecular weight is 543 g/mol. The van der Waals surface area contributed by atoms with E-state index in [1.54, 1.807) is 13.8 Å². The van der Waals surface area contributed by atoms with Gasteiger partial charge in [0.25, 0.3) is 0 Å². The molecule has 4 amide bonds. The number of Topliss-reactive ketones (excluding diaryl/α,β-unsaturated/α-hetero) is 1. The highest BCUT2D eigenvalue weighted by atomic mass is 16.3. The fourth-order valence-electron chi connectivity index (χ4n) is 5.11. The van der Waals surface area contributed by atoms with E-state index in [-0.39, 0.29) is 36.9 Å². The molecule has 0 saturated carbocycles. The van der Waals surface area contributed by atoms with Gasteiger partial charge in [-0.1, -0.05) is 50.1 Å². The number of aliphatic hydroxyl groups is 1. The van der Waals surface area contributed by atoms with Gasteiger partial charge >= 0.3 is 0 Å². The van der Waals surface area contributed by atoms with Crippen LogP contribution in [0.5, 0.6) is 0 Å². The number of hydrogen-bond donors (Lipinski definition) is 4. The predicted octanol–water partition coefficient (Wildman–Crippen LogP) is 1.39. The van der Waals surface area contributed by atoms with Crippen molar-refractivity contribution in [3.05, 3.63) is 35.9 Å². The normalized spacial score (nSPS) is 27.0. The molecule has 5 atom stereocenters. The van der Waals surface area contributed by atoms with Crippen LogP contribution < -0.4 is 16.0 Å². The quantitative estimate of drug-likeness (QED) is 0.329. The Hall–Kier alpha value is -3.27. The van der Waals surface area contributed by atoms with Crippen molar-refractivity contribution < 1.29 is 29.1 Å². The van der Waals surface area contributed by atoms with Crippen molar-refractivity contribution in [2.45, 2.75) is 108 Å². The van der Waals surface area contributed by atoms with Crippen molar-refractivity contribution in [2.75, 3.05) is 6.54 Å². The van der Waals surface area contributed by atoms with Gasteiger partial charge in [0.05, 0.1) is 0 Å². The van der Waals surface area contributed by atoms with Gasteiger partial charge < -0.3 is 26.0 Å². The molecular formula is C29H42N4O6. The number of benzene rings is 1. The molecule has 214 valence electrons. The predicted molar refractivity (Wildman–Crippen MR) is 145 cm³/mol. The van der Waals surface area contributed by atoms with Crippen LogP contribution in [0, 0.1) is 0 Å². The highest BCUT2D eigenvalue weighted by molar-refractivity contribution is 5.99. The van der Waals surface area contributed by atoms with Crippen LogP contribution in [0.25, 0.3) is 0 Å². The van der Waals surface area contributed by atoms with Crippen molar-refractivity contribution in [1.29, 1.82) is 0 Å². The van der Waals surface area contributed by atoms with E-state index < -0.39 is 41.6 Å². The lowest BCUT2D eigenvalue weighted by atomic mass is 9.94. The molecule has 39 heavy (non-hydrogen) atoms. The van der Waals surface area contributed by atoms with E-state index in [0.29, 0.717) is 45.1 Å². The SMILES string of the molecule is CC[C@]1(C)NC(=O)[C@H](CCCCCC(=O)[C@H](C)O)NC(=O)[C@H]2CCCN2C(=O)[C@H](Cc2ccccc2)NC1=O. The third-order valence-corrected chi connectivity index (χ3v) is 7.85. The number of fused-ring (bicyclic) bond motifs is 1. The summed E-state index contributed by atoms with van der Waals surface area (Å²) in [7, 11) is 0. The molecule has 3 rings (SSSR count). The number of carbonyl (C=O) groups excluding carboxylic acids is 5. The highest BCUT2D eigenvalue weighted by Gasteiger charge is 2.43. The number of aliphatic hydroxyl groups excluding tert-OH is 1. The molecule has 0 spiro atoms. The summed E-state index contributed by atoms with van der Waals surface area (Å²) in [6, 6.07) is 6.89. The van der Waals surface area contributed by atoms with Gasteiger partial charge in [0.2, 0.25) is 23.6 Å². The molecule has 0 unspecified atom stereocenters. The first kappa shape index (κ1) is 30.3. The molecule has 2 aliphatic heterocycles. The number of nitrogens with one attached hydrogen (secondary N) is 3. The van der Waals surface area contributed by atoms with Gasteiger partial charge in [-0.25, -0.2) is 0 Å². The topological polar surface area (TPSA) is 145 Å². The van der Waals surface area contributed by atoms with Crippen molar-refractivity contribution in [3.63, 3.8) is 0 Å². The standard InChI is InChI=1S/C29H42N4O6/c1-4-29(3)28(39)31-22(18-20-12-7-5-8-13-20)27(38)33-17-11-15-23(33)26(37)30-21(25(36)32-29)14-9-6-10-16-24(35)19(2)34/h5,7-8,12-13,19,21-23,34H,4,6,9-11,14-18H2,1-3H3,(H,30,37)(H,31,39)(H,32,36)/t19-,21-,22-,23+,29-/m0/s1. The van der Waals surface area contributed by atoms with E-state index in [1.165, 1.54) is 11.8 Å². The number of nitrogens with zero attached hydrogens (tertiary/aromatic N) is 1. The molecule has 2 heterocycles. The van der Waals surface area contributed by atoms with Crippen molar-refractivity contribution in [3.8, 4) is 0 Å². The smallest absolute Gasteiger partial charge is 0.246 e. The number of unbranched alkanes of at least 4 members (excludes halogenated alkanes) is 2. The zero-order chi connectivity index (χ0) is 28.6. The van der Waals surface area contributed by atoms with Gasteiger partial charge in [0.15, 0.2) is 5.78 Å². The first-order chi connectivity index (χ1) is 18.6. The maximum atomic E-state index is 13.7. The Morgan fingerprint density at radius 2 is 1.77 bits per heavy atom. The lowest BCUT2D eigenvalue weighted by Crippen LogP contribution is -2.65. The summed E-state index contributed by atoms with van der Waals surface area (Å²) in [5.41, 5.74) is -0.413. The zero-order valence-electron chi connectivity index (χ0n) is 23.2. The Morgan fingerprint density at radius 1 is 1.05 bits per heavy atom. The Labute approximate surface area is 230 Å². The molecule has 0 aliphatic carbocycles. The number of carbonyl (C=O) groups is 5. The van der Waals surface area contributed by atoms with E-state index in [4.69, 9.17) is 0 Å². The minimum Gasteiger partial charge on any atom is -0.386 e. The second-order valence-electron chi connectivity index (χ2n) is 10.9. The second-order valence-corrected chi connectivity index (χ2v) is 10.9. The lowest BCUT2D eigenvalue weighted by molar-refractivity contribution is -0.144. The van der Waals surface area contributed by atoms with Crippen LogP contribution in [0.15, 0.2) is 30.3 Å². The molecular weight excluding hydrogens is 500 g/mol. The maximum absolute atomic E-state index is 13.7. The van der Waals surface area contributed by atoms with Crippen molar-refractivity contribution >= 4 is 29.4 Å². The molecule has 0 bridgehead atoms. The average Bonchev–Trinajstić information content (AvgIpc) is 3.41. The first-order valence-electron chi connectivity index (χ1n) is 14.0. The molecule has 0 aromatic heterocycles. The third kappa shape index (κ3) is 7.88. The summed E-state index contributed by atoms with van der Waals surface area (Å²) < 4.78 is 0. The van der Waals surface area contributed by atoms with Crippen LogP contribution in [0.2, 0.25) is 0 Å². The van der Waals surface area contributed by atoms with Gasteiger partial charge in [0.1, 0.15) is 29.8 Å². The monoisotopic (exact) mass is 542 g/mol. The second kappa shape index (κ2) is 13.7. The van der Waals surface area contributed by atoms with E-state index in [0.717, 1.165) is 5.56 Å². The molecule has 10 nitrogen and oxygen atoms in total. The van der Waals surface area contributed by atoms with Crippen LogP contribution in [-0.2, 0) is 30.4 Å². The van der Waals surface area contributed by atoms with Crippen LogP contribution in [0.4, 0.5) is 0 Å². The number of ketones is 1. The minimum atomic E-state index is -1.29. The van der Waals surface area contributed by atoms with Gasteiger partial charge in [-0.15, -0.1) is 0 Å². The summed E-state index contributed by atoms with van der Waals surface area (Å²) in [6.45, 7) is 5.24. The van der Waals surface area contributed by atoms with Gasteiger partial charge in [0, 0.05) is 19.4 Å². The summed E-state index contributed by atoms with van der Waals surface area (Å²) in [5.74, 6) is -1.83. The van der Waals surface area contributed by atoms with Crippen molar-refractivity contribution in [1.82, 2.24) is 20.9 Å². The minimum absolute atomic E-state index is 0.228. The Bertz CT molecular complexity index is 1050. The molecule has 1 aromatic carbocycles. The largest absolute Gasteiger partial charge is 0.386 e. The van der Waals surface area contributed by atoms with Crippen LogP contribution in [0.1, 0.15) is 77.7 Å². The van der Waals surface area contributed by atoms with Gasteiger partial charge in [-0.2, -0.15) is 0 Å². The molecule has 2 aliphatic rings. The summed E-state index contributed by atoms with van der Waals surface area (Å²) >= 11 is 0. The molecule has 10 heteroatoms. The van der Waals surface area contributed by atoms with E-state index >= 15 is 0 Å². The Morgan fingerprint density at radius 3 is 2.44 bits per heavy atom. The molecule has 4 N–H and O–H groups in total. The number of rotatable bonds is 10. The Balaban J connectivity index is 1.81. The lowest BCUT2D eigenvalue weighted by Gasteiger charge is -2.36. The van der Waals surface area contributed by atoms with Gasteiger partial charge in [-0.3, -0.25) is 24.0 Å². The van der Waals surface area contributed by atoms with Crippen LogP contribution in [-0.4, -0.2) is 75.7 Å². The number of amides is 4. The first-order valence-corrected chi connectivity index (χ1v) is 14.0. The zero-order valence-corrected chi connectivity index (χ0v) is 23.2. The third-order valence-electron chi connectivity index (χ3n) is 7.85. The fraction of sp³-hybridized carbons (Fsp3) is 0.621.